The topological polar surface area (TPSA) is 35.8 Å². The summed E-state index contributed by atoms with van der Waals surface area (Å²) < 4.78 is 14.3. The number of benzene rings is 1. The number of nitrogens with zero attached hydrogens (tertiary/aromatic N) is 1. The number of nitrogens with one attached hydrogen (secondary N) is 1. The lowest BCUT2D eigenvalue weighted by Crippen LogP contribution is -2.20. The lowest BCUT2D eigenvalue weighted by atomic mass is 9.85. The van der Waals surface area contributed by atoms with E-state index in [9.17, 15) is 4.39 Å². The summed E-state index contributed by atoms with van der Waals surface area (Å²) in [6.07, 6.45) is 2.64. The zero-order chi connectivity index (χ0) is 14.9. The van der Waals surface area contributed by atoms with Gasteiger partial charge in [-0.3, -0.25) is 0 Å². The van der Waals surface area contributed by atoms with Crippen LogP contribution >= 0.6 is 0 Å². The van der Waals surface area contributed by atoms with Gasteiger partial charge in [-0.1, -0.05) is 32.6 Å². The van der Waals surface area contributed by atoms with E-state index in [1.54, 1.807) is 12.1 Å². The van der Waals surface area contributed by atoms with Crippen molar-refractivity contribution >= 4 is 0 Å². The van der Waals surface area contributed by atoms with Crippen LogP contribution in [-0.4, -0.2) is 7.05 Å². The predicted molar refractivity (Wildman–Crippen MR) is 78.5 cm³/mol. The van der Waals surface area contributed by atoms with Crippen LogP contribution in [0, 0.1) is 22.6 Å². The van der Waals surface area contributed by atoms with Gasteiger partial charge in [0.05, 0.1) is 11.6 Å². The van der Waals surface area contributed by atoms with Crippen LogP contribution in [0.4, 0.5) is 4.39 Å². The first-order valence-corrected chi connectivity index (χ1v) is 6.69. The molecule has 0 bridgehead atoms. The van der Waals surface area contributed by atoms with E-state index >= 15 is 0 Å². The molecule has 0 spiro atoms. The minimum absolute atomic E-state index is 0.0160. The van der Waals surface area contributed by atoms with Crippen LogP contribution in [0.25, 0.3) is 0 Å². The molecule has 1 aliphatic rings. The van der Waals surface area contributed by atoms with Gasteiger partial charge in [0, 0.05) is 24.1 Å². The third kappa shape index (κ3) is 2.22. The molecule has 2 rings (SSSR count). The van der Waals surface area contributed by atoms with Crippen molar-refractivity contribution in [3.05, 3.63) is 59.1 Å². The lowest BCUT2D eigenvalue weighted by molar-refractivity contribution is 0.403. The highest BCUT2D eigenvalue weighted by Gasteiger charge is 2.39. The summed E-state index contributed by atoms with van der Waals surface area (Å²) in [5, 5.41) is 12.1. The smallest absolute Gasteiger partial charge is 0.128 e. The standard InChI is InChI=1S/C17H19FN2/c1-5-12-14(9-17(2,3)16(12)20-4)13-7-6-11(10-19)8-15(13)18/h5-8,14,20H,1,9H2,2-4H3. The number of allylic oxidation sites excluding steroid dienone is 3. The van der Waals surface area contributed by atoms with Crippen LogP contribution in [0.5, 0.6) is 0 Å². The van der Waals surface area contributed by atoms with Crippen LogP contribution in [0.15, 0.2) is 42.1 Å². The normalized spacial score (nSPS) is 20.6. The summed E-state index contributed by atoms with van der Waals surface area (Å²) in [6, 6.07) is 6.66. The second-order valence-corrected chi connectivity index (χ2v) is 5.77. The third-order valence-electron chi connectivity index (χ3n) is 4.03. The van der Waals surface area contributed by atoms with Gasteiger partial charge in [0.1, 0.15) is 5.82 Å². The van der Waals surface area contributed by atoms with Gasteiger partial charge in [0.2, 0.25) is 0 Å². The Bertz CT molecular complexity index is 620. The molecule has 0 saturated heterocycles. The van der Waals surface area contributed by atoms with E-state index in [1.165, 1.54) is 6.07 Å². The molecule has 0 amide bonds. The van der Waals surface area contributed by atoms with Gasteiger partial charge in [-0.05, 0) is 29.7 Å². The molecule has 1 unspecified atom stereocenters. The molecule has 104 valence electrons. The number of rotatable bonds is 3. The Morgan fingerprint density at radius 1 is 1.50 bits per heavy atom. The summed E-state index contributed by atoms with van der Waals surface area (Å²) >= 11 is 0. The molecule has 1 aliphatic carbocycles. The Balaban J connectivity index is 2.52. The Labute approximate surface area is 119 Å². The van der Waals surface area contributed by atoms with Crippen molar-refractivity contribution in [1.82, 2.24) is 5.32 Å². The Kier molecular flexibility index (Phi) is 3.67. The number of halogens is 1. The van der Waals surface area contributed by atoms with Gasteiger partial charge < -0.3 is 5.32 Å². The van der Waals surface area contributed by atoms with E-state index < -0.39 is 0 Å². The van der Waals surface area contributed by atoms with Crippen LogP contribution in [0.2, 0.25) is 0 Å². The zero-order valence-electron chi connectivity index (χ0n) is 12.1. The van der Waals surface area contributed by atoms with E-state index in [0.29, 0.717) is 11.1 Å². The molecule has 3 heteroatoms. The maximum Gasteiger partial charge on any atom is 0.128 e. The van der Waals surface area contributed by atoms with Crippen molar-refractivity contribution in [2.45, 2.75) is 26.2 Å². The van der Waals surface area contributed by atoms with E-state index in [0.717, 1.165) is 17.7 Å². The Morgan fingerprint density at radius 3 is 2.70 bits per heavy atom. The molecule has 0 fully saturated rings. The van der Waals surface area contributed by atoms with Gasteiger partial charge >= 0.3 is 0 Å². The predicted octanol–water partition coefficient (Wildman–Crippen LogP) is 3.87. The molecule has 0 aromatic heterocycles. The molecule has 0 aliphatic heterocycles. The fourth-order valence-electron chi connectivity index (χ4n) is 3.17. The summed E-state index contributed by atoms with van der Waals surface area (Å²) in [7, 11) is 1.89. The second-order valence-electron chi connectivity index (χ2n) is 5.77. The van der Waals surface area contributed by atoms with Crippen LogP contribution in [0.3, 0.4) is 0 Å². The Hall–Kier alpha value is -2.08. The minimum Gasteiger partial charge on any atom is -0.391 e. The third-order valence-corrected chi connectivity index (χ3v) is 4.03. The van der Waals surface area contributed by atoms with Gasteiger partial charge in [-0.2, -0.15) is 5.26 Å². The van der Waals surface area contributed by atoms with Crippen molar-refractivity contribution < 1.29 is 4.39 Å². The zero-order valence-corrected chi connectivity index (χ0v) is 12.1. The fraction of sp³-hybridized carbons (Fsp3) is 0.353. The quantitative estimate of drug-likeness (QED) is 0.905. The van der Waals surface area contributed by atoms with Gasteiger partial charge in [0.15, 0.2) is 0 Å². The van der Waals surface area contributed by atoms with Crippen LogP contribution in [0.1, 0.15) is 37.3 Å². The monoisotopic (exact) mass is 270 g/mol. The maximum atomic E-state index is 14.3. The first-order chi connectivity index (χ1) is 9.44. The maximum absolute atomic E-state index is 14.3. The van der Waals surface area contributed by atoms with Gasteiger partial charge in [-0.25, -0.2) is 4.39 Å². The largest absolute Gasteiger partial charge is 0.391 e. The minimum atomic E-state index is -0.318. The van der Waals surface area contributed by atoms with Gasteiger partial charge in [0.25, 0.3) is 0 Å². The molecule has 20 heavy (non-hydrogen) atoms. The molecular weight excluding hydrogens is 251 g/mol. The summed E-state index contributed by atoms with van der Waals surface area (Å²) in [5.74, 6) is -0.334. The van der Waals surface area contributed by atoms with E-state index in [-0.39, 0.29) is 17.2 Å². The number of hydrogen-bond donors (Lipinski definition) is 1. The SMILES string of the molecule is C=CC1=C(NC)C(C)(C)CC1c1ccc(C#N)cc1F. The van der Waals surface area contributed by atoms with Crippen molar-refractivity contribution in [1.29, 1.82) is 5.26 Å². The molecule has 1 aromatic carbocycles. The van der Waals surface area contributed by atoms with Crippen LogP contribution < -0.4 is 5.32 Å². The molecule has 0 heterocycles. The Morgan fingerprint density at radius 2 is 2.20 bits per heavy atom. The molecule has 1 N–H and O–H groups in total. The number of hydrogen-bond acceptors (Lipinski definition) is 2. The average molecular weight is 270 g/mol. The highest BCUT2D eigenvalue weighted by Crippen LogP contribution is 2.49. The molecule has 0 saturated carbocycles. The van der Waals surface area contributed by atoms with Crippen molar-refractivity contribution in [3.63, 3.8) is 0 Å². The second kappa shape index (κ2) is 5.13. The summed E-state index contributed by atoms with van der Waals surface area (Å²) in [6.45, 7) is 8.16. The van der Waals surface area contributed by atoms with Gasteiger partial charge in [-0.15, -0.1) is 0 Å². The first kappa shape index (κ1) is 14.3. The molecule has 0 radical (unpaired) electrons. The first-order valence-electron chi connectivity index (χ1n) is 6.69. The molecule has 1 aromatic rings. The van der Waals surface area contributed by atoms with E-state index in [4.69, 9.17) is 5.26 Å². The number of nitriles is 1. The molecule has 2 nitrogen and oxygen atoms in total. The summed E-state index contributed by atoms with van der Waals surface area (Å²) in [5.41, 5.74) is 3.10. The van der Waals surface area contributed by atoms with Crippen LogP contribution in [-0.2, 0) is 0 Å². The molecular formula is C17H19FN2. The van der Waals surface area contributed by atoms with Crippen molar-refractivity contribution in [3.8, 4) is 6.07 Å². The highest BCUT2D eigenvalue weighted by molar-refractivity contribution is 5.46. The van der Waals surface area contributed by atoms with Crippen molar-refractivity contribution in [2.24, 2.45) is 5.41 Å². The highest BCUT2D eigenvalue weighted by atomic mass is 19.1. The van der Waals surface area contributed by atoms with E-state index in [1.807, 2.05) is 19.2 Å². The van der Waals surface area contributed by atoms with E-state index in [2.05, 4.69) is 25.7 Å². The summed E-state index contributed by atoms with van der Waals surface area (Å²) in [4.78, 5) is 0. The average Bonchev–Trinajstić information content (AvgIpc) is 2.68. The fourth-order valence-corrected chi connectivity index (χ4v) is 3.17. The molecule has 1 atom stereocenters. The lowest BCUT2D eigenvalue weighted by Gasteiger charge is -2.22. The van der Waals surface area contributed by atoms with Crippen molar-refractivity contribution in [2.75, 3.05) is 7.05 Å².